The Morgan fingerprint density at radius 3 is 2.62 bits per heavy atom. The summed E-state index contributed by atoms with van der Waals surface area (Å²) < 4.78 is 0. The summed E-state index contributed by atoms with van der Waals surface area (Å²) in [7, 11) is 0. The largest absolute Gasteiger partial charge is 0.394 e. The molecule has 0 amide bonds. The highest BCUT2D eigenvalue weighted by Crippen LogP contribution is 2.35. The molecule has 2 rings (SSSR count). The van der Waals surface area contributed by atoms with Gasteiger partial charge in [-0.2, -0.15) is 0 Å². The average Bonchev–Trinajstić information content (AvgIpc) is 2.73. The highest BCUT2D eigenvalue weighted by Gasteiger charge is 2.40. The van der Waals surface area contributed by atoms with E-state index in [1.165, 1.54) is 45.1 Å². The molecule has 1 atom stereocenters. The first-order chi connectivity index (χ1) is 6.26. The van der Waals surface area contributed by atoms with Crippen molar-refractivity contribution in [2.75, 3.05) is 13.2 Å². The lowest BCUT2D eigenvalue weighted by Gasteiger charge is -2.38. The number of hydrogen-bond donors (Lipinski definition) is 1. The molecule has 0 aromatic heterocycles. The molecule has 2 aliphatic rings. The third-order valence-corrected chi connectivity index (χ3v) is 3.91. The van der Waals surface area contributed by atoms with E-state index in [0.717, 1.165) is 6.04 Å². The summed E-state index contributed by atoms with van der Waals surface area (Å²) in [6, 6.07) is 0.777. The molecule has 0 bridgehead atoms. The molecule has 1 N–H and O–H groups in total. The first kappa shape index (κ1) is 9.47. The van der Waals surface area contributed by atoms with E-state index < -0.39 is 0 Å². The Kier molecular flexibility index (Phi) is 2.61. The number of aliphatic hydroxyl groups excluding tert-OH is 1. The van der Waals surface area contributed by atoms with Crippen LogP contribution in [0.25, 0.3) is 0 Å². The maximum absolute atomic E-state index is 9.41. The van der Waals surface area contributed by atoms with Crippen molar-refractivity contribution in [1.82, 2.24) is 4.90 Å². The average molecular weight is 183 g/mol. The van der Waals surface area contributed by atoms with Crippen molar-refractivity contribution in [3.05, 3.63) is 0 Å². The van der Waals surface area contributed by atoms with Crippen LogP contribution in [0.3, 0.4) is 0 Å². The predicted octanol–water partition coefficient (Wildman–Crippen LogP) is 1.78. The lowest BCUT2D eigenvalue weighted by Crippen LogP contribution is -2.48. The third-order valence-electron chi connectivity index (χ3n) is 3.91. The summed E-state index contributed by atoms with van der Waals surface area (Å²) in [5, 5.41) is 9.41. The van der Waals surface area contributed by atoms with Crippen molar-refractivity contribution in [2.24, 2.45) is 0 Å². The quantitative estimate of drug-likeness (QED) is 0.705. The SMILES string of the molecule is CC1(CO)CCCN1C1CCCC1. The zero-order chi connectivity index (χ0) is 9.31. The molecule has 0 aromatic rings. The highest BCUT2D eigenvalue weighted by atomic mass is 16.3. The first-order valence-corrected chi connectivity index (χ1v) is 5.64. The number of aliphatic hydroxyl groups is 1. The van der Waals surface area contributed by atoms with E-state index in [-0.39, 0.29) is 5.54 Å². The van der Waals surface area contributed by atoms with Gasteiger partial charge in [-0.1, -0.05) is 12.8 Å². The van der Waals surface area contributed by atoms with Crippen molar-refractivity contribution >= 4 is 0 Å². The van der Waals surface area contributed by atoms with Gasteiger partial charge in [0.2, 0.25) is 0 Å². The molecule has 2 fully saturated rings. The van der Waals surface area contributed by atoms with Gasteiger partial charge in [-0.3, -0.25) is 4.90 Å². The molecule has 0 spiro atoms. The lowest BCUT2D eigenvalue weighted by atomic mass is 9.98. The Labute approximate surface area is 80.9 Å². The van der Waals surface area contributed by atoms with Crippen LogP contribution in [0.15, 0.2) is 0 Å². The Hall–Kier alpha value is -0.0800. The van der Waals surface area contributed by atoms with Crippen LogP contribution in [-0.4, -0.2) is 34.7 Å². The van der Waals surface area contributed by atoms with Crippen LogP contribution in [-0.2, 0) is 0 Å². The lowest BCUT2D eigenvalue weighted by molar-refractivity contribution is 0.0469. The summed E-state index contributed by atoms with van der Waals surface area (Å²) in [5.41, 5.74) is 0.106. The van der Waals surface area contributed by atoms with E-state index in [4.69, 9.17) is 0 Å². The molecule has 1 aliphatic heterocycles. The van der Waals surface area contributed by atoms with E-state index in [2.05, 4.69) is 11.8 Å². The van der Waals surface area contributed by atoms with E-state index in [1.54, 1.807) is 0 Å². The minimum Gasteiger partial charge on any atom is -0.394 e. The number of nitrogens with zero attached hydrogens (tertiary/aromatic N) is 1. The molecule has 76 valence electrons. The number of likely N-dealkylation sites (tertiary alicyclic amines) is 1. The second-order valence-corrected chi connectivity index (χ2v) is 4.89. The number of hydrogen-bond acceptors (Lipinski definition) is 2. The van der Waals surface area contributed by atoms with Crippen LogP contribution in [0, 0.1) is 0 Å². The summed E-state index contributed by atoms with van der Waals surface area (Å²) >= 11 is 0. The molecular formula is C11H21NO. The minimum absolute atomic E-state index is 0.106. The third kappa shape index (κ3) is 1.62. The number of rotatable bonds is 2. The molecule has 1 heterocycles. The van der Waals surface area contributed by atoms with Gasteiger partial charge in [0.1, 0.15) is 0 Å². The highest BCUT2D eigenvalue weighted by molar-refractivity contribution is 4.96. The maximum Gasteiger partial charge on any atom is 0.0612 e. The Balaban J connectivity index is 2.04. The smallest absolute Gasteiger partial charge is 0.0612 e. The van der Waals surface area contributed by atoms with E-state index in [0.29, 0.717) is 6.61 Å². The molecular weight excluding hydrogens is 162 g/mol. The zero-order valence-electron chi connectivity index (χ0n) is 8.63. The molecule has 2 heteroatoms. The van der Waals surface area contributed by atoms with E-state index in [1.807, 2.05) is 0 Å². The van der Waals surface area contributed by atoms with Crippen molar-refractivity contribution in [3.63, 3.8) is 0 Å². The van der Waals surface area contributed by atoms with Gasteiger partial charge in [-0.05, 0) is 39.2 Å². The second kappa shape index (κ2) is 3.58. The van der Waals surface area contributed by atoms with Gasteiger partial charge in [-0.25, -0.2) is 0 Å². The Morgan fingerprint density at radius 1 is 1.31 bits per heavy atom. The van der Waals surface area contributed by atoms with Gasteiger partial charge in [0, 0.05) is 11.6 Å². The topological polar surface area (TPSA) is 23.5 Å². The van der Waals surface area contributed by atoms with Crippen molar-refractivity contribution in [2.45, 2.75) is 57.0 Å². The molecule has 1 saturated heterocycles. The van der Waals surface area contributed by atoms with Crippen molar-refractivity contribution < 1.29 is 5.11 Å². The fourth-order valence-electron chi connectivity index (χ4n) is 3.05. The van der Waals surface area contributed by atoms with Crippen LogP contribution < -0.4 is 0 Å². The first-order valence-electron chi connectivity index (χ1n) is 5.64. The fraction of sp³-hybridized carbons (Fsp3) is 1.00. The summed E-state index contributed by atoms with van der Waals surface area (Å²) in [6.45, 7) is 3.77. The van der Waals surface area contributed by atoms with Gasteiger partial charge < -0.3 is 5.11 Å². The minimum atomic E-state index is 0.106. The van der Waals surface area contributed by atoms with Crippen LogP contribution in [0.2, 0.25) is 0 Å². The van der Waals surface area contributed by atoms with Gasteiger partial charge in [0.05, 0.1) is 6.61 Å². The van der Waals surface area contributed by atoms with Crippen LogP contribution >= 0.6 is 0 Å². The standard InChI is InChI=1S/C11H21NO/c1-11(9-13)7-4-8-12(11)10-5-2-3-6-10/h10,13H,2-9H2,1H3. The monoisotopic (exact) mass is 183 g/mol. The molecule has 13 heavy (non-hydrogen) atoms. The fourth-order valence-corrected chi connectivity index (χ4v) is 3.05. The Bertz CT molecular complexity index is 177. The summed E-state index contributed by atoms with van der Waals surface area (Å²) in [4.78, 5) is 2.57. The van der Waals surface area contributed by atoms with E-state index >= 15 is 0 Å². The van der Waals surface area contributed by atoms with Gasteiger partial charge in [0.15, 0.2) is 0 Å². The summed E-state index contributed by atoms with van der Waals surface area (Å²) in [5.74, 6) is 0. The second-order valence-electron chi connectivity index (χ2n) is 4.89. The Morgan fingerprint density at radius 2 is 2.00 bits per heavy atom. The van der Waals surface area contributed by atoms with Gasteiger partial charge in [-0.15, -0.1) is 0 Å². The van der Waals surface area contributed by atoms with Crippen molar-refractivity contribution in [1.29, 1.82) is 0 Å². The predicted molar refractivity (Wildman–Crippen MR) is 53.7 cm³/mol. The van der Waals surface area contributed by atoms with Crippen LogP contribution in [0.5, 0.6) is 0 Å². The normalized spacial score (nSPS) is 37.4. The van der Waals surface area contributed by atoms with Crippen molar-refractivity contribution in [3.8, 4) is 0 Å². The van der Waals surface area contributed by atoms with Gasteiger partial charge >= 0.3 is 0 Å². The maximum atomic E-state index is 9.41. The van der Waals surface area contributed by atoms with Gasteiger partial charge in [0.25, 0.3) is 0 Å². The summed E-state index contributed by atoms with van der Waals surface area (Å²) in [6.07, 6.45) is 7.95. The molecule has 0 aromatic carbocycles. The van der Waals surface area contributed by atoms with Crippen LogP contribution in [0.1, 0.15) is 45.4 Å². The van der Waals surface area contributed by atoms with Crippen LogP contribution in [0.4, 0.5) is 0 Å². The molecule has 2 nitrogen and oxygen atoms in total. The molecule has 1 aliphatic carbocycles. The zero-order valence-corrected chi connectivity index (χ0v) is 8.63. The van der Waals surface area contributed by atoms with E-state index in [9.17, 15) is 5.11 Å². The molecule has 1 unspecified atom stereocenters. The molecule has 0 radical (unpaired) electrons. The molecule has 1 saturated carbocycles.